The van der Waals surface area contributed by atoms with Crippen LogP contribution in [0.4, 0.5) is 0 Å². The van der Waals surface area contributed by atoms with Crippen molar-refractivity contribution in [3.63, 3.8) is 0 Å². The van der Waals surface area contributed by atoms with E-state index in [1.54, 1.807) is 0 Å². The van der Waals surface area contributed by atoms with Gasteiger partial charge in [-0.2, -0.15) is 0 Å². The minimum Gasteiger partial charge on any atom is -0.466 e. The second kappa shape index (κ2) is 50.2. The van der Waals surface area contributed by atoms with E-state index in [9.17, 15) is 4.79 Å². The van der Waals surface area contributed by atoms with Gasteiger partial charge in [-0.15, -0.1) is 0 Å². The Balaban J connectivity index is 3.15. The van der Waals surface area contributed by atoms with Gasteiger partial charge in [0.1, 0.15) is 0 Å². The summed E-state index contributed by atoms with van der Waals surface area (Å²) in [6.45, 7) is 3.28. The standard InChI is InChI=1S/C51H100O3/c1-2-3-4-5-6-7-8-9-10-24-27-30-33-36-39-42-45-48-51(53)54-50-47-44-41-38-35-32-29-26-23-21-19-17-15-13-11-12-14-16-18-20-22-25-28-31-34-37-40-43-46-49-52/h9-10,52H,2-8,11-50H2,1H3. The summed E-state index contributed by atoms with van der Waals surface area (Å²) in [5, 5.41) is 8.81. The fourth-order valence-corrected chi connectivity index (χ4v) is 7.94. The summed E-state index contributed by atoms with van der Waals surface area (Å²) in [7, 11) is 0. The number of allylic oxidation sites excluding steroid dienone is 2. The van der Waals surface area contributed by atoms with Gasteiger partial charge in [0.15, 0.2) is 0 Å². The summed E-state index contributed by atoms with van der Waals surface area (Å²) >= 11 is 0. The molecule has 0 atom stereocenters. The fourth-order valence-electron chi connectivity index (χ4n) is 7.94. The predicted octanol–water partition coefficient (Wildman–Crippen LogP) is 17.7. The molecular weight excluding hydrogens is 661 g/mol. The molecule has 0 aromatic rings. The summed E-state index contributed by atoms with van der Waals surface area (Å²) < 4.78 is 5.48. The Morgan fingerprint density at radius 2 is 0.611 bits per heavy atom. The topological polar surface area (TPSA) is 46.5 Å². The fraction of sp³-hybridized carbons (Fsp3) is 0.941. The van der Waals surface area contributed by atoms with E-state index in [2.05, 4.69) is 19.1 Å². The van der Waals surface area contributed by atoms with Gasteiger partial charge in [0.25, 0.3) is 0 Å². The molecule has 0 amide bonds. The number of aliphatic hydroxyl groups excluding tert-OH is 1. The molecule has 0 radical (unpaired) electrons. The maximum absolute atomic E-state index is 12.0. The average Bonchev–Trinajstić information content (AvgIpc) is 3.18. The highest BCUT2D eigenvalue weighted by atomic mass is 16.5. The third-order valence-electron chi connectivity index (χ3n) is 11.7. The molecule has 0 aliphatic heterocycles. The number of hydrogen-bond acceptors (Lipinski definition) is 3. The van der Waals surface area contributed by atoms with Crippen LogP contribution < -0.4 is 0 Å². The van der Waals surface area contributed by atoms with Gasteiger partial charge in [-0.25, -0.2) is 0 Å². The molecule has 0 spiro atoms. The van der Waals surface area contributed by atoms with Crippen LogP contribution in [0, 0.1) is 0 Å². The van der Waals surface area contributed by atoms with Crippen LogP contribution in [0.2, 0.25) is 0 Å². The van der Waals surface area contributed by atoms with E-state index >= 15 is 0 Å². The number of rotatable bonds is 48. The maximum atomic E-state index is 12.0. The summed E-state index contributed by atoms with van der Waals surface area (Å²) in [5.41, 5.74) is 0. The Morgan fingerprint density at radius 3 is 0.926 bits per heavy atom. The van der Waals surface area contributed by atoms with Crippen molar-refractivity contribution in [1.82, 2.24) is 0 Å². The Kier molecular flexibility index (Phi) is 49.4. The van der Waals surface area contributed by atoms with Gasteiger partial charge >= 0.3 is 5.97 Å². The van der Waals surface area contributed by atoms with Crippen LogP contribution in [-0.2, 0) is 9.53 Å². The number of ether oxygens (including phenoxy) is 1. The van der Waals surface area contributed by atoms with Crippen molar-refractivity contribution in [2.45, 2.75) is 296 Å². The van der Waals surface area contributed by atoms with Gasteiger partial charge in [0, 0.05) is 13.0 Å². The molecule has 0 aromatic heterocycles. The normalized spacial score (nSPS) is 11.7. The highest BCUT2D eigenvalue weighted by molar-refractivity contribution is 5.69. The quantitative estimate of drug-likeness (QED) is 0.0382. The Bertz CT molecular complexity index is 703. The lowest BCUT2D eigenvalue weighted by Gasteiger charge is -2.06. The first-order valence-corrected chi connectivity index (χ1v) is 25.2. The molecule has 0 rings (SSSR count). The predicted molar refractivity (Wildman–Crippen MR) is 241 cm³/mol. The molecule has 1 N–H and O–H groups in total. The molecule has 0 saturated heterocycles. The van der Waals surface area contributed by atoms with Crippen LogP contribution in [0.1, 0.15) is 296 Å². The zero-order chi connectivity index (χ0) is 38.9. The van der Waals surface area contributed by atoms with Gasteiger partial charge in [-0.05, 0) is 44.9 Å². The van der Waals surface area contributed by atoms with Crippen molar-refractivity contribution in [3.8, 4) is 0 Å². The summed E-state index contributed by atoms with van der Waals surface area (Å²) in [6.07, 6.45) is 65.0. The molecule has 0 aliphatic rings. The van der Waals surface area contributed by atoms with Crippen molar-refractivity contribution in [1.29, 1.82) is 0 Å². The van der Waals surface area contributed by atoms with Crippen molar-refractivity contribution in [3.05, 3.63) is 12.2 Å². The highest BCUT2D eigenvalue weighted by Crippen LogP contribution is 2.17. The van der Waals surface area contributed by atoms with Crippen molar-refractivity contribution in [2.24, 2.45) is 0 Å². The molecule has 54 heavy (non-hydrogen) atoms. The summed E-state index contributed by atoms with van der Waals surface area (Å²) in [6, 6.07) is 0. The molecular formula is C51H100O3. The Morgan fingerprint density at radius 1 is 0.352 bits per heavy atom. The van der Waals surface area contributed by atoms with Gasteiger partial charge in [0.05, 0.1) is 6.61 Å². The number of carbonyl (C=O) groups is 1. The van der Waals surface area contributed by atoms with Crippen LogP contribution >= 0.6 is 0 Å². The molecule has 0 aliphatic carbocycles. The second-order valence-corrected chi connectivity index (χ2v) is 17.2. The molecule has 0 bridgehead atoms. The van der Waals surface area contributed by atoms with Crippen LogP contribution in [-0.4, -0.2) is 24.3 Å². The number of hydrogen-bond donors (Lipinski definition) is 1. The SMILES string of the molecule is CCCCCCCCC=CCCCCCCCCCC(=O)OCCCCCCCCCCCCCCCCCCCCCCCCCCCCCCCO. The first-order valence-electron chi connectivity index (χ1n) is 25.2. The van der Waals surface area contributed by atoms with Crippen molar-refractivity contribution < 1.29 is 14.6 Å². The molecule has 0 fully saturated rings. The maximum Gasteiger partial charge on any atom is 0.305 e. The third kappa shape index (κ3) is 49.2. The number of aliphatic hydroxyl groups is 1. The monoisotopic (exact) mass is 761 g/mol. The zero-order valence-electron chi connectivity index (χ0n) is 37.2. The second-order valence-electron chi connectivity index (χ2n) is 17.2. The third-order valence-corrected chi connectivity index (χ3v) is 11.7. The number of carbonyl (C=O) groups excluding carboxylic acids is 1. The Labute approximate surface area is 340 Å². The van der Waals surface area contributed by atoms with Gasteiger partial charge in [-0.3, -0.25) is 4.79 Å². The lowest BCUT2D eigenvalue weighted by Crippen LogP contribution is -2.05. The number of esters is 1. The van der Waals surface area contributed by atoms with E-state index in [1.165, 1.54) is 263 Å². The first-order chi connectivity index (χ1) is 26.8. The number of unbranched alkanes of at least 4 members (excludes halogenated alkanes) is 41. The minimum absolute atomic E-state index is 0.0226. The molecule has 0 saturated carbocycles. The molecule has 0 unspecified atom stereocenters. The van der Waals surface area contributed by atoms with Crippen LogP contribution in [0.3, 0.4) is 0 Å². The van der Waals surface area contributed by atoms with Gasteiger partial charge in [0.2, 0.25) is 0 Å². The molecule has 3 heteroatoms. The largest absolute Gasteiger partial charge is 0.466 e. The Hall–Kier alpha value is -0.830. The first kappa shape index (κ1) is 53.2. The van der Waals surface area contributed by atoms with Crippen molar-refractivity contribution >= 4 is 5.97 Å². The summed E-state index contributed by atoms with van der Waals surface area (Å²) in [4.78, 5) is 12.0. The minimum atomic E-state index is 0.0226. The zero-order valence-corrected chi connectivity index (χ0v) is 37.2. The van der Waals surface area contributed by atoms with Crippen molar-refractivity contribution in [2.75, 3.05) is 13.2 Å². The van der Waals surface area contributed by atoms with Crippen LogP contribution in [0.5, 0.6) is 0 Å². The lowest BCUT2D eigenvalue weighted by atomic mass is 10.0. The van der Waals surface area contributed by atoms with E-state index < -0.39 is 0 Å². The molecule has 322 valence electrons. The smallest absolute Gasteiger partial charge is 0.305 e. The molecule has 0 heterocycles. The highest BCUT2D eigenvalue weighted by Gasteiger charge is 2.03. The average molecular weight is 761 g/mol. The van der Waals surface area contributed by atoms with E-state index in [0.717, 1.165) is 19.3 Å². The van der Waals surface area contributed by atoms with E-state index in [0.29, 0.717) is 19.6 Å². The van der Waals surface area contributed by atoms with E-state index in [4.69, 9.17) is 9.84 Å². The van der Waals surface area contributed by atoms with Crippen LogP contribution in [0.15, 0.2) is 12.2 Å². The van der Waals surface area contributed by atoms with E-state index in [-0.39, 0.29) is 5.97 Å². The van der Waals surface area contributed by atoms with Gasteiger partial charge in [-0.1, -0.05) is 257 Å². The summed E-state index contributed by atoms with van der Waals surface area (Å²) in [5.74, 6) is 0.0226. The van der Waals surface area contributed by atoms with Gasteiger partial charge < -0.3 is 9.84 Å². The lowest BCUT2D eigenvalue weighted by molar-refractivity contribution is -0.143. The molecule has 0 aromatic carbocycles. The van der Waals surface area contributed by atoms with E-state index in [1.807, 2.05) is 0 Å². The van der Waals surface area contributed by atoms with Crippen LogP contribution in [0.25, 0.3) is 0 Å². The molecule has 3 nitrogen and oxygen atoms in total.